The SMILES string of the molecule is CCOC(=O)c1c(C)noc1-c1cccc(Br)c1. The molecule has 2 aromatic rings. The van der Waals surface area contributed by atoms with Gasteiger partial charge in [-0.3, -0.25) is 0 Å². The van der Waals surface area contributed by atoms with Crippen molar-refractivity contribution in [1.82, 2.24) is 5.16 Å². The third-order valence-corrected chi connectivity index (χ3v) is 2.92. The van der Waals surface area contributed by atoms with Crippen molar-refractivity contribution in [3.63, 3.8) is 0 Å². The van der Waals surface area contributed by atoms with Crippen molar-refractivity contribution in [3.05, 3.63) is 40.0 Å². The number of aryl methyl sites for hydroxylation is 1. The van der Waals surface area contributed by atoms with Crippen LogP contribution in [0.4, 0.5) is 0 Å². The predicted octanol–water partition coefficient (Wildman–Crippen LogP) is 3.59. The van der Waals surface area contributed by atoms with Gasteiger partial charge in [0.2, 0.25) is 0 Å². The van der Waals surface area contributed by atoms with E-state index in [-0.39, 0.29) is 0 Å². The lowest BCUT2D eigenvalue weighted by molar-refractivity contribution is 0.0526. The highest BCUT2D eigenvalue weighted by Crippen LogP contribution is 2.28. The number of nitrogens with zero attached hydrogens (tertiary/aromatic N) is 1. The molecule has 1 heterocycles. The van der Waals surface area contributed by atoms with Gasteiger partial charge in [0.15, 0.2) is 5.76 Å². The molecule has 0 radical (unpaired) electrons. The summed E-state index contributed by atoms with van der Waals surface area (Å²) in [4.78, 5) is 11.9. The highest BCUT2D eigenvalue weighted by atomic mass is 79.9. The number of esters is 1. The topological polar surface area (TPSA) is 52.3 Å². The summed E-state index contributed by atoms with van der Waals surface area (Å²) in [6.07, 6.45) is 0. The zero-order chi connectivity index (χ0) is 13.1. The summed E-state index contributed by atoms with van der Waals surface area (Å²) >= 11 is 3.38. The number of rotatable bonds is 3. The monoisotopic (exact) mass is 309 g/mol. The van der Waals surface area contributed by atoms with E-state index in [9.17, 15) is 4.79 Å². The maximum atomic E-state index is 11.9. The molecule has 0 aliphatic carbocycles. The van der Waals surface area contributed by atoms with Crippen LogP contribution in [0.25, 0.3) is 11.3 Å². The molecule has 94 valence electrons. The maximum Gasteiger partial charge on any atom is 0.344 e. The molecular weight excluding hydrogens is 298 g/mol. The standard InChI is InChI=1S/C13H12BrNO3/c1-3-17-13(16)11-8(2)15-18-12(11)9-5-4-6-10(14)7-9/h4-7H,3H2,1-2H3. The van der Waals surface area contributed by atoms with Crippen LogP contribution >= 0.6 is 15.9 Å². The van der Waals surface area contributed by atoms with Crippen LogP contribution in [0.2, 0.25) is 0 Å². The number of carbonyl (C=O) groups is 1. The highest BCUT2D eigenvalue weighted by molar-refractivity contribution is 9.10. The summed E-state index contributed by atoms with van der Waals surface area (Å²) in [5.41, 5.74) is 1.70. The lowest BCUT2D eigenvalue weighted by atomic mass is 10.1. The van der Waals surface area contributed by atoms with Gasteiger partial charge in [-0.1, -0.05) is 33.2 Å². The van der Waals surface area contributed by atoms with Crippen molar-refractivity contribution < 1.29 is 14.1 Å². The fourth-order valence-electron chi connectivity index (χ4n) is 1.64. The normalized spacial score (nSPS) is 10.4. The molecule has 4 nitrogen and oxygen atoms in total. The smallest absolute Gasteiger partial charge is 0.344 e. The highest BCUT2D eigenvalue weighted by Gasteiger charge is 2.22. The first-order valence-electron chi connectivity index (χ1n) is 5.52. The minimum atomic E-state index is -0.411. The Bertz CT molecular complexity index is 577. The van der Waals surface area contributed by atoms with E-state index in [2.05, 4.69) is 21.1 Å². The molecule has 0 aliphatic heterocycles. The largest absolute Gasteiger partial charge is 0.462 e. The van der Waals surface area contributed by atoms with E-state index in [1.807, 2.05) is 24.3 Å². The maximum absolute atomic E-state index is 11.9. The number of halogens is 1. The van der Waals surface area contributed by atoms with Crippen molar-refractivity contribution in [2.24, 2.45) is 0 Å². The van der Waals surface area contributed by atoms with Crippen molar-refractivity contribution in [2.75, 3.05) is 6.61 Å². The summed E-state index contributed by atoms with van der Waals surface area (Å²) in [5.74, 6) is 0.0264. The van der Waals surface area contributed by atoms with Gasteiger partial charge in [-0.05, 0) is 26.0 Å². The first-order chi connectivity index (χ1) is 8.63. The molecule has 0 unspecified atom stereocenters. The molecule has 2 rings (SSSR count). The van der Waals surface area contributed by atoms with Gasteiger partial charge < -0.3 is 9.26 Å². The zero-order valence-electron chi connectivity index (χ0n) is 10.1. The second-order valence-electron chi connectivity index (χ2n) is 3.70. The van der Waals surface area contributed by atoms with E-state index in [0.717, 1.165) is 10.0 Å². The lowest BCUT2D eigenvalue weighted by Crippen LogP contribution is -2.06. The van der Waals surface area contributed by atoms with E-state index < -0.39 is 5.97 Å². The molecule has 0 saturated heterocycles. The molecule has 0 fully saturated rings. The summed E-state index contributed by atoms with van der Waals surface area (Å²) in [7, 11) is 0. The van der Waals surface area contributed by atoms with E-state index in [1.54, 1.807) is 13.8 Å². The first kappa shape index (κ1) is 12.8. The molecule has 0 spiro atoms. The van der Waals surface area contributed by atoms with Crippen LogP contribution in [-0.2, 0) is 4.74 Å². The summed E-state index contributed by atoms with van der Waals surface area (Å²) in [6.45, 7) is 3.80. The second kappa shape index (κ2) is 5.35. The first-order valence-corrected chi connectivity index (χ1v) is 6.32. The van der Waals surface area contributed by atoms with Gasteiger partial charge in [-0.2, -0.15) is 0 Å². The molecule has 1 aromatic heterocycles. The van der Waals surface area contributed by atoms with Crippen LogP contribution in [0.15, 0.2) is 33.3 Å². The van der Waals surface area contributed by atoms with E-state index in [0.29, 0.717) is 23.6 Å². The zero-order valence-corrected chi connectivity index (χ0v) is 11.7. The van der Waals surface area contributed by atoms with Crippen LogP contribution in [0.1, 0.15) is 23.0 Å². The Labute approximate surface area is 113 Å². The fourth-order valence-corrected chi connectivity index (χ4v) is 2.04. The number of hydrogen-bond donors (Lipinski definition) is 0. The molecule has 0 amide bonds. The Morgan fingerprint density at radius 2 is 2.28 bits per heavy atom. The van der Waals surface area contributed by atoms with Gasteiger partial charge in [0.1, 0.15) is 5.56 Å². The van der Waals surface area contributed by atoms with E-state index in [4.69, 9.17) is 9.26 Å². The number of benzene rings is 1. The van der Waals surface area contributed by atoms with Crippen LogP contribution in [-0.4, -0.2) is 17.7 Å². The molecule has 0 N–H and O–H groups in total. The average Bonchev–Trinajstić information content (AvgIpc) is 2.71. The van der Waals surface area contributed by atoms with E-state index >= 15 is 0 Å². The van der Waals surface area contributed by atoms with Gasteiger partial charge in [-0.15, -0.1) is 0 Å². The van der Waals surface area contributed by atoms with Crippen LogP contribution < -0.4 is 0 Å². The number of aromatic nitrogens is 1. The molecule has 5 heteroatoms. The van der Waals surface area contributed by atoms with Crippen molar-refractivity contribution in [1.29, 1.82) is 0 Å². The third kappa shape index (κ3) is 2.46. The molecule has 0 atom stereocenters. The second-order valence-corrected chi connectivity index (χ2v) is 4.62. The number of ether oxygens (including phenoxy) is 1. The Kier molecular flexibility index (Phi) is 3.81. The Morgan fingerprint density at radius 1 is 1.50 bits per heavy atom. The van der Waals surface area contributed by atoms with Crippen LogP contribution in [0.5, 0.6) is 0 Å². The van der Waals surface area contributed by atoms with Crippen molar-refractivity contribution >= 4 is 21.9 Å². The molecule has 0 bridgehead atoms. The quantitative estimate of drug-likeness (QED) is 0.813. The van der Waals surface area contributed by atoms with Gasteiger partial charge in [0, 0.05) is 10.0 Å². The molecule has 0 aliphatic rings. The summed E-state index contributed by atoms with van der Waals surface area (Å²) < 4.78 is 11.1. The van der Waals surface area contributed by atoms with Crippen LogP contribution in [0.3, 0.4) is 0 Å². The van der Waals surface area contributed by atoms with Crippen molar-refractivity contribution in [3.8, 4) is 11.3 Å². The number of carbonyl (C=O) groups excluding carboxylic acids is 1. The Balaban J connectivity index is 2.49. The van der Waals surface area contributed by atoms with Gasteiger partial charge in [0.05, 0.1) is 12.3 Å². The minimum absolute atomic E-state index is 0.321. The van der Waals surface area contributed by atoms with Gasteiger partial charge in [0.25, 0.3) is 0 Å². The van der Waals surface area contributed by atoms with Crippen LogP contribution in [0, 0.1) is 6.92 Å². The van der Waals surface area contributed by atoms with E-state index in [1.165, 1.54) is 0 Å². The lowest BCUT2D eigenvalue weighted by Gasteiger charge is -2.02. The molecule has 18 heavy (non-hydrogen) atoms. The Morgan fingerprint density at radius 3 is 2.94 bits per heavy atom. The fraction of sp³-hybridized carbons (Fsp3) is 0.231. The van der Waals surface area contributed by atoms with Gasteiger partial charge >= 0.3 is 5.97 Å². The third-order valence-electron chi connectivity index (χ3n) is 2.43. The molecule has 0 saturated carbocycles. The van der Waals surface area contributed by atoms with Crippen molar-refractivity contribution in [2.45, 2.75) is 13.8 Å². The average molecular weight is 310 g/mol. The van der Waals surface area contributed by atoms with Gasteiger partial charge in [-0.25, -0.2) is 4.79 Å². The molecular formula is C13H12BrNO3. The predicted molar refractivity (Wildman–Crippen MR) is 70.3 cm³/mol. The minimum Gasteiger partial charge on any atom is -0.462 e. The summed E-state index contributed by atoms with van der Waals surface area (Å²) in [5, 5.41) is 3.83. The number of hydrogen-bond acceptors (Lipinski definition) is 4. The summed E-state index contributed by atoms with van der Waals surface area (Å²) in [6, 6.07) is 7.49. The Hall–Kier alpha value is -1.62. The molecule has 1 aromatic carbocycles.